The highest BCUT2D eigenvalue weighted by Gasteiger charge is 2.35. The zero-order valence-electron chi connectivity index (χ0n) is 14.5. The molecule has 1 atom stereocenters. The Hall–Kier alpha value is -1.93. The summed E-state index contributed by atoms with van der Waals surface area (Å²) in [4.78, 5) is 10.7. The van der Waals surface area contributed by atoms with Gasteiger partial charge >= 0.3 is 0 Å². The van der Waals surface area contributed by atoms with Crippen molar-refractivity contribution < 1.29 is 8.42 Å². The minimum atomic E-state index is -3.53. The van der Waals surface area contributed by atoms with E-state index in [1.807, 2.05) is 32.0 Å². The number of hydrogen-bond donors (Lipinski definition) is 0. The van der Waals surface area contributed by atoms with Gasteiger partial charge in [0.05, 0.1) is 6.33 Å². The second kappa shape index (κ2) is 6.18. The molecule has 1 fully saturated rings. The smallest absolute Gasteiger partial charge is 0.262 e. The number of nitrogens with zero attached hydrogens (tertiary/aromatic N) is 5. The van der Waals surface area contributed by atoms with Crippen LogP contribution in [0.4, 0.5) is 5.69 Å². The van der Waals surface area contributed by atoms with Gasteiger partial charge in [-0.1, -0.05) is 0 Å². The van der Waals surface area contributed by atoms with Gasteiger partial charge < -0.3 is 9.47 Å². The van der Waals surface area contributed by atoms with Gasteiger partial charge in [-0.15, -0.1) is 0 Å². The number of anilines is 1. The van der Waals surface area contributed by atoms with Crippen LogP contribution in [0, 0.1) is 6.92 Å². The molecule has 2 aromatic heterocycles. The molecule has 0 bridgehead atoms. The lowest BCUT2D eigenvalue weighted by Crippen LogP contribution is -2.29. The molecule has 1 aliphatic rings. The quantitative estimate of drug-likeness (QED) is 0.834. The fraction of sp³-hybridized carbons (Fsp3) is 0.500. The molecule has 0 unspecified atom stereocenters. The van der Waals surface area contributed by atoms with Crippen LogP contribution in [-0.4, -0.2) is 54.4 Å². The molecule has 1 aliphatic heterocycles. The molecule has 1 saturated heterocycles. The molecule has 24 heavy (non-hydrogen) atoms. The molecule has 0 aliphatic carbocycles. The Labute approximate surface area is 143 Å². The van der Waals surface area contributed by atoms with Gasteiger partial charge in [-0.25, -0.2) is 13.4 Å². The van der Waals surface area contributed by atoms with E-state index >= 15 is 0 Å². The summed E-state index contributed by atoms with van der Waals surface area (Å²) in [5.41, 5.74) is 2.99. The van der Waals surface area contributed by atoms with Crippen LogP contribution < -0.4 is 4.90 Å². The maximum absolute atomic E-state index is 12.7. The number of aromatic nitrogens is 3. The molecule has 130 valence electrons. The third-order valence-electron chi connectivity index (χ3n) is 4.33. The minimum absolute atomic E-state index is 0.108. The van der Waals surface area contributed by atoms with Crippen LogP contribution in [0.1, 0.15) is 23.7 Å². The maximum atomic E-state index is 12.7. The highest BCUT2D eigenvalue weighted by atomic mass is 32.2. The number of aryl methyl sites for hydroxylation is 2. The van der Waals surface area contributed by atoms with Gasteiger partial charge in [0.2, 0.25) is 0 Å². The average Bonchev–Trinajstić information content (AvgIpc) is 3.16. The van der Waals surface area contributed by atoms with Crippen molar-refractivity contribution in [2.24, 2.45) is 7.05 Å². The fourth-order valence-corrected chi connectivity index (χ4v) is 4.45. The first-order valence-electron chi connectivity index (χ1n) is 7.91. The van der Waals surface area contributed by atoms with Crippen molar-refractivity contribution in [3.05, 3.63) is 36.0 Å². The molecular weight excluding hydrogens is 326 g/mol. The highest BCUT2D eigenvalue weighted by Crippen LogP contribution is 2.31. The molecule has 7 nitrogen and oxygen atoms in total. The molecule has 2 aromatic rings. The van der Waals surface area contributed by atoms with Crippen molar-refractivity contribution >= 4 is 15.7 Å². The van der Waals surface area contributed by atoms with Crippen LogP contribution in [-0.2, 0) is 17.1 Å². The number of rotatable bonds is 4. The van der Waals surface area contributed by atoms with Gasteiger partial charge in [-0.3, -0.25) is 4.98 Å². The van der Waals surface area contributed by atoms with Crippen LogP contribution in [0.2, 0.25) is 0 Å². The van der Waals surface area contributed by atoms with Crippen LogP contribution in [0.15, 0.2) is 29.7 Å². The van der Waals surface area contributed by atoms with E-state index in [1.165, 1.54) is 16.8 Å². The topological polar surface area (TPSA) is 71.3 Å². The summed E-state index contributed by atoms with van der Waals surface area (Å²) in [7, 11) is 2.21. The number of hydrogen-bond acceptors (Lipinski definition) is 5. The number of pyridine rings is 1. The van der Waals surface area contributed by atoms with E-state index in [0.29, 0.717) is 13.1 Å². The van der Waals surface area contributed by atoms with Gasteiger partial charge in [0.15, 0.2) is 5.03 Å². The molecule has 0 aromatic carbocycles. The van der Waals surface area contributed by atoms with Crippen molar-refractivity contribution in [2.45, 2.75) is 24.3 Å². The summed E-state index contributed by atoms with van der Waals surface area (Å²) in [6, 6.07) is 4.08. The predicted molar refractivity (Wildman–Crippen MR) is 92.6 cm³/mol. The van der Waals surface area contributed by atoms with Crippen LogP contribution in [0.3, 0.4) is 0 Å². The normalized spacial score (nSPS) is 18.9. The third-order valence-corrected chi connectivity index (χ3v) is 6.08. The van der Waals surface area contributed by atoms with Gasteiger partial charge in [-0.05, 0) is 25.5 Å². The molecule has 0 amide bonds. The van der Waals surface area contributed by atoms with E-state index in [-0.39, 0.29) is 10.9 Å². The SMILES string of the molecule is Cc1cc(N(C)C)cc([C@H]2CCN(S(=O)(=O)c3cn(C)cn3)C2)n1. The zero-order valence-corrected chi connectivity index (χ0v) is 15.3. The average molecular weight is 349 g/mol. The van der Waals surface area contributed by atoms with Crippen molar-refractivity contribution in [3.63, 3.8) is 0 Å². The van der Waals surface area contributed by atoms with Crippen molar-refractivity contribution in [1.82, 2.24) is 18.8 Å². The van der Waals surface area contributed by atoms with E-state index in [4.69, 9.17) is 0 Å². The van der Waals surface area contributed by atoms with Crippen LogP contribution in [0.5, 0.6) is 0 Å². The summed E-state index contributed by atoms with van der Waals surface area (Å²) >= 11 is 0. The lowest BCUT2D eigenvalue weighted by atomic mass is 10.0. The maximum Gasteiger partial charge on any atom is 0.262 e. The summed E-state index contributed by atoms with van der Waals surface area (Å²) in [5.74, 6) is 0.113. The lowest BCUT2D eigenvalue weighted by molar-refractivity contribution is 0.469. The molecule has 0 N–H and O–H groups in total. The van der Waals surface area contributed by atoms with Gasteiger partial charge in [0, 0.05) is 63.4 Å². The second-order valence-electron chi connectivity index (χ2n) is 6.51. The largest absolute Gasteiger partial charge is 0.378 e. The van der Waals surface area contributed by atoms with E-state index < -0.39 is 10.0 Å². The molecule has 0 saturated carbocycles. The summed E-state index contributed by atoms with van der Waals surface area (Å²) < 4.78 is 28.5. The number of sulfonamides is 1. The lowest BCUT2D eigenvalue weighted by Gasteiger charge is -2.18. The second-order valence-corrected chi connectivity index (χ2v) is 8.40. The van der Waals surface area contributed by atoms with Gasteiger partial charge in [0.1, 0.15) is 0 Å². The standard InChI is InChI=1S/C16H23N5O2S/c1-12-7-14(19(2)3)8-15(18-12)13-5-6-21(9-13)24(22,23)16-10-20(4)11-17-16/h7-8,10-11,13H,5-6,9H2,1-4H3/t13-/m0/s1. The monoisotopic (exact) mass is 349 g/mol. The molecule has 0 spiro atoms. The van der Waals surface area contributed by atoms with Crippen LogP contribution in [0.25, 0.3) is 0 Å². The number of imidazole rings is 1. The first-order chi connectivity index (χ1) is 11.3. The Morgan fingerprint density at radius 3 is 2.67 bits per heavy atom. The van der Waals surface area contributed by atoms with Crippen molar-refractivity contribution in [2.75, 3.05) is 32.1 Å². The van der Waals surface area contributed by atoms with Crippen LogP contribution >= 0.6 is 0 Å². The van der Waals surface area contributed by atoms with E-state index in [1.54, 1.807) is 11.6 Å². The van der Waals surface area contributed by atoms with Crippen molar-refractivity contribution in [1.29, 1.82) is 0 Å². The first-order valence-corrected chi connectivity index (χ1v) is 9.35. The zero-order chi connectivity index (χ0) is 17.5. The van der Waals surface area contributed by atoms with E-state index in [9.17, 15) is 8.42 Å². The molecule has 8 heteroatoms. The summed E-state index contributed by atoms with van der Waals surface area (Å²) in [5, 5.41) is 0.108. The Balaban J connectivity index is 1.83. The van der Waals surface area contributed by atoms with E-state index in [0.717, 1.165) is 23.5 Å². The molecule has 3 rings (SSSR count). The van der Waals surface area contributed by atoms with E-state index in [2.05, 4.69) is 16.0 Å². The summed E-state index contributed by atoms with van der Waals surface area (Å²) in [6.45, 7) is 2.91. The van der Waals surface area contributed by atoms with Gasteiger partial charge in [-0.2, -0.15) is 4.31 Å². The highest BCUT2D eigenvalue weighted by molar-refractivity contribution is 7.89. The Kier molecular flexibility index (Phi) is 4.35. The fourth-order valence-electron chi connectivity index (χ4n) is 2.98. The Morgan fingerprint density at radius 2 is 2.04 bits per heavy atom. The molecular formula is C16H23N5O2S. The third kappa shape index (κ3) is 3.16. The first kappa shape index (κ1) is 16.9. The minimum Gasteiger partial charge on any atom is -0.378 e. The Bertz CT molecular complexity index is 844. The van der Waals surface area contributed by atoms with Gasteiger partial charge in [0.25, 0.3) is 10.0 Å². The Morgan fingerprint density at radius 1 is 1.29 bits per heavy atom. The predicted octanol–water partition coefficient (Wildman–Crippen LogP) is 1.37. The summed E-state index contributed by atoms with van der Waals surface area (Å²) in [6.07, 6.45) is 3.82. The molecule has 3 heterocycles. The molecule has 0 radical (unpaired) electrons. The van der Waals surface area contributed by atoms with Crippen molar-refractivity contribution in [3.8, 4) is 0 Å².